The number of amides is 2. The molecule has 1 aromatic carbocycles. The molecule has 2 amide bonds. The highest BCUT2D eigenvalue weighted by Crippen LogP contribution is 2.43. The van der Waals surface area contributed by atoms with Crippen molar-refractivity contribution in [2.45, 2.75) is 187 Å². The average molecular weight is 600 g/mol. The van der Waals surface area contributed by atoms with Crippen molar-refractivity contribution in [2.75, 3.05) is 13.2 Å². The summed E-state index contributed by atoms with van der Waals surface area (Å²) in [6, 6.07) is 10.7. The van der Waals surface area contributed by atoms with Crippen LogP contribution in [0.4, 0.5) is 4.79 Å². The van der Waals surface area contributed by atoms with Crippen LogP contribution in [0.5, 0.6) is 0 Å². The van der Waals surface area contributed by atoms with Crippen LogP contribution in [0.2, 0.25) is 0 Å². The van der Waals surface area contributed by atoms with Crippen LogP contribution in [-0.4, -0.2) is 41.4 Å². The predicted octanol–water partition coefficient (Wildman–Crippen LogP) is 10.5. The van der Waals surface area contributed by atoms with Gasteiger partial charge in [0, 0.05) is 23.7 Å². The van der Waals surface area contributed by atoms with Gasteiger partial charge in [0.15, 0.2) is 0 Å². The van der Waals surface area contributed by atoms with E-state index in [0.717, 1.165) is 45.1 Å². The van der Waals surface area contributed by atoms with E-state index < -0.39 is 0 Å². The molecule has 0 bridgehead atoms. The Morgan fingerprint density at radius 1 is 0.767 bits per heavy atom. The van der Waals surface area contributed by atoms with E-state index in [1.54, 1.807) is 0 Å². The molecular formula is C38H69N3O2. The van der Waals surface area contributed by atoms with Gasteiger partial charge in [0.25, 0.3) is 0 Å². The van der Waals surface area contributed by atoms with Gasteiger partial charge in [0.2, 0.25) is 0 Å². The van der Waals surface area contributed by atoms with E-state index in [2.05, 4.69) is 80.6 Å². The molecule has 0 aromatic heterocycles. The van der Waals surface area contributed by atoms with Crippen LogP contribution in [0, 0.1) is 0 Å². The van der Waals surface area contributed by atoms with Crippen LogP contribution in [0.3, 0.4) is 0 Å². The highest BCUT2D eigenvalue weighted by Gasteiger charge is 2.50. The number of benzene rings is 1. The molecule has 1 aromatic rings. The van der Waals surface area contributed by atoms with E-state index >= 15 is 0 Å². The molecule has 0 aliphatic carbocycles. The number of hydroxylamine groups is 2. The van der Waals surface area contributed by atoms with Gasteiger partial charge >= 0.3 is 6.03 Å². The maximum Gasteiger partial charge on any atom is 0.315 e. The maximum atomic E-state index is 12.8. The summed E-state index contributed by atoms with van der Waals surface area (Å²) >= 11 is 0. The van der Waals surface area contributed by atoms with Crippen molar-refractivity contribution < 1.29 is 9.63 Å². The Morgan fingerprint density at radius 3 is 1.79 bits per heavy atom. The van der Waals surface area contributed by atoms with Gasteiger partial charge in [-0.05, 0) is 57.9 Å². The molecule has 0 saturated carbocycles. The molecule has 2 N–H and O–H groups in total. The Hall–Kier alpha value is -1.59. The normalized spacial score (nSPS) is 18.0. The zero-order valence-corrected chi connectivity index (χ0v) is 29.0. The number of hydrogen-bond acceptors (Lipinski definition) is 3. The van der Waals surface area contributed by atoms with E-state index in [-0.39, 0.29) is 23.2 Å². The van der Waals surface area contributed by atoms with Gasteiger partial charge in [-0.2, -0.15) is 5.06 Å². The number of carbonyl (C=O) groups excluding carboxylic acids is 1. The summed E-state index contributed by atoms with van der Waals surface area (Å²) < 4.78 is 0. The van der Waals surface area contributed by atoms with Gasteiger partial charge in [0.05, 0.1) is 6.61 Å². The molecule has 1 heterocycles. The molecule has 1 unspecified atom stereocenters. The number of rotatable bonds is 24. The Bertz CT molecular complexity index is 824. The first kappa shape index (κ1) is 37.6. The molecule has 0 spiro atoms. The number of carbonyl (C=O) groups is 1. The average Bonchev–Trinajstić information content (AvgIpc) is 2.99. The third-order valence-electron chi connectivity index (χ3n) is 9.77. The zero-order chi connectivity index (χ0) is 31.2. The molecule has 1 saturated heterocycles. The molecule has 5 heteroatoms. The Kier molecular flexibility index (Phi) is 19.2. The van der Waals surface area contributed by atoms with Crippen molar-refractivity contribution in [1.82, 2.24) is 15.7 Å². The summed E-state index contributed by atoms with van der Waals surface area (Å²) in [5, 5.41) is 8.75. The first-order valence-corrected chi connectivity index (χ1v) is 18.4. The summed E-state index contributed by atoms with van der Waals surface area (Å²) in [7, 11) is 0. The molecule has 2 rings (SSSR count). The summed E-state index contributed by atoms with van der Waals surface area (Å²) in [6.07, 6.45) is 26.6. The predicted molar refractivity (Wildman–Crippen MR) is 184 cm³/mol. The van der Waals surface area contributed by atoms with Gasteiger partial charge in [-0.1, -0.05) is 147 Å². The minimum absolute atomic E-state index is 0.0127. The first-order valence-electron chi connectivity index (χ1n) is 18.4. The second-order valence-corrected chi connectivity index (χ2v) is 13.9. The fourth-order valence-corrected chi connectivity index (χ4v) is 7.19. The highest BCUT2D eigenvalue weighted by atomic mass is 16.7. The van der Waals surface area contributed by atoms with Gasteiger partial charge in [-0.15, -0.1) is 0 Å². The molecule has 1 fully saturated rings. The van der Waals surface area contributed by atoms with Gasteiger partial charge in [-0.25, -0.2) is 4.79 Å². The van der Waals surface area contributed by atoms with E-state index in [9.17, 15) is 4.79 Å². The largest absolute Gasteiger partial charge is 0.338 e. The van der Waals surface area contributed by atoms with Crippen molar-refractivity contribution in [3.8, 4) is 0 Å². The molecule has 1 aliphatic rings. The molecule has 0 radical (unpaired) electrons. The third kappa shape index (κ3) is 14.8. The van der Waals surface area contributed by atoms with Crippen LogP contribution >= 0.6 is 0 Å². The fourth-order valence-electron chi connectivity index (χ4n) is 7.19. The molecule has 5 nitrogen and oxygen atoms in total. The molecule has 1 aliphatic heterocycles. The molecule has 1 atom stereocenters. The second-order valence-electron chi connectivity index (χ2n) is 13.9. The monoisotopic (exact) mass is 600 g/mol. The Labute approximate surface area is 266 Å². The first-order chi connectivity index (χ1) is 20.9. The molecular weight excluding hydrogens is 530 g/mol. The SMILES string of the molecule is CCCCCCCCCCCCCCCCCCNC(=O)NC1CC(C)(C)N(OCCc2ccccc2)C(CC)(CC)C1. The molecule has 43 heavy (non-hydrogen) atoms. The van der Waals surface area contributed by atoms with E-state index in [0.29, 0.717) is 6.61 Å². The van der Waals surface area contributed by atoms with Gasteiger partial charge in [0.1, 0.15) is 0 Å². The number of nitrogens with zero attached hydrogens (tertiary/aromatic N) is 1. The number of unbranched alkanes of at least 4 members (excludes halogenated alkanes) is 15. The summed E-state index contributed by atoms with van der Waals surface area (Å²) in [6.45, 7) is 12.8. The lowest BCUT2D eigenvalue weighted by atomic mass is 9.74. The lowest BCUT2D eigenvalue weighted by molar-refractivity contribution is -0.293. The second kappa shape index (κ2) is 22.0. The Balaban J connectivity index is 1.56. The van der Waals surface area contributed by atoms with Crippen molar-refractivity contribution in [2.24, 2.45) is 0 Å². The lowest BCUT2D eigenvalue weighted by Gasteiger charge is -2.56. The summed E-state index contributed by atoms with van der Waals surface area (Å²) in [4.78, 5) is 19.3. The minimum atomic E-state index is -0.160. The van der Waals surface area contributed by atoms with Crippen molar-refractivity contribution in [3.63, 3.8) is 0 Å². The molecule has 248 valence electrons. The maximum absolute atomic E-state index is 12.8. The van der Waals surface area contributed by atoms with Crippen molar-refractivity contribution in [1.29, 1.82) is 0 Å². The number of nitrogens with one attached hydrogen (secondary N) is 2. The van der Waals surface area contributed by atoms with E-state index in [1.165, 1.54) is 102 Å². The Morgan fingerprint density at radius 2 is 1.28 bits per heavy atom. The van der Waals surface area contributed by atoms with Crippen molar-refractivity contribution >= 4 is 6.03 Å². The van der Waals surface area contributed by atoms with Crippen LogP contribution in [0.25, 0.3) is 0 Å². The van der Waals surface area contributed by atoms with Gasteiger partial charge < -0.3 is 10.6 Å². The summed E-state index contributed by atoms with van der Waals surface area (Å²) in [5.74, 6) is 0. The lowest BCUT2D eigenvalue weighted by Crippen LogP contribution is -2.66. The van der Waals surface area contributed by atoms with E-state index in [4.69, 9.17) is 4.84 Å². The highest BCUT2D eigenvalue weighted by molar-refractivity contribution is 5.74. The minimum Gasteiger partial charge on any atom is -0.338 e. The number of hydrogen-bond donors (Lipinski definition) is 2. The standard InChI is InChI=1S/C38H69N3O2/c1-6-9-10-11-12-13-14-15-16-17-18-19-20-21-22-26-30-39-36(42)40-35-32-37(4,5)41(38(7-2,8-3)33-35)43-31-29-34-27-24-23-25-28-34/h23-25,27-28,35H,6-22,26,29-33H2,1-5H3,(H2,39,40,42). The summed E-state index contributed by atoms with van der Waals surface area (Å²) in [5.41, 5.74) is 1.06. The van der Waals surface area contributed by atoms with Crippen LogP contribution in [-0.2, 0) is 11.3 Å². The van der Waals surface area contributed by atoms with Crippen LogP contribution in [0.1, 0.15) is 169 Å². The topological polar surface area (TPSA) is 53.6 Å². The number of piperidine rings is 1. The van der Waals surface area contributed by atoms with Crippen LogP contribution in [0.15, 0.2) is 30.3 Å². The zero-order valence-electron chi connectivity index (χ0n) is 29.0. The fraction of sp³-hybridized carbons (Fsp3) is 0.816. The van der Waals surface area contributed by atoms with E-state index in [1.807, 2.05) is 0 Å². The van der Waals surface area contributed by atoms with Gasteiger partial charge in [-0.3, -0.25) is 4.84 Å². The van der Waals surface area contributed by atoms with Crippen molar-refractivity contribution in [3.05, 3.63) is 35.9 Å². The third-order valence-corrected chi connectivity index (χ3v) is 9.77. The smallest absolute Gasteiger partial charge is 0.315 e. The number of urea groups is 1. The van der Waals surface area contributed by atoms with Crippen LogP contribution < -0.4 is 10.6 Å². The quantitative estimate of drug-likeness (QED) is 0.116.